The molecular weight excluding hydrogens is 192 g/mol. The summed E-state index contributed by atoms with van der Waals surface area (Å²) in [6.07, 6.45) is 1.25. The lowest BCUT2D eigenvalue weighted by Crippen LogP contribution is -1.95. The van der Waals surface area contributed by atoms with E-state index in [1.807, 2.05) is 0 Å². The van der Waals surface area contributed by atoms with Crippen molar-refractivity contribution in [2.75, 3.05) is 0 Å². The second-order valence-corrected chi connectivity index (χ2v) is 4.73. The van der Waals surface area contributed by atoms with E-state index >= 15 is 0 Å². The zero-order chi connectivity index (χ0) is 11.0. The van der Waals surface area contributed by atoms with Crippen LogP contribution in [0.4, 0.5) is 0 Å². The van der Waals surface area contributed by atoms with Crippen LogP contribution in [-0.4, -0.2) is 0 Å². The molecule has 0 fully saturated rings. The summed E-state index contributed by atoms with van der Waals surface area (Å²) < 4.78 is 0. The maximum Gasteiger partial charge on any atom is 0.00978 e. The minimum atomic E-state index is 0.604. The molecule has 1 aliphatic carbocycles. The van der Waals surface area contributed by atoms with Gasteiger partial charge in [0.15, 0.2) is 0 Å². The largest absolute Gasteiger partial charge is 0.0622 e. The van der Waals surface area contributed by atoms with E-state index in [1.54, 1.807) is 0 Å². The Morgan fingerprint density at radius 2 is 1.44 bits per heavy atom. The summed E-state index contributed by atoms with van der Waals surface area (Å²) in [6.45, 7) is 2.34. The predicted molar refractivity (Wildman–Crippen MR) is 67.8 cm³/mol. The van der Waals surface area contributed by atoms with Crippen LogP contribution in [-0.2, 0) is 0 Å². The van der Waals surface area contributed by atoms with Gasteiger partial charge in [-0.25, -0.2) is 0 Å². The van der Waals surface area contributed by atoms with Gasteiger partial charge in [-0.1, -0.05) is 61.5 Å². The van der Waals surface area contributed by atoms with E-state index in [1.165, 1.54) is 23.1 Å². The molecule has 3 rings (SSSR count). The van der Waals surface area contributed by atoms with E-state index in [9.17, 15) is 0 Å². The van der Waals surface area contributed by atoms with Crippen molar-refractivity contribution < 1.29 is 0 Å². The summed E-state index contributed by atoms with van der Waals surface area (Å²) in [4.78, 5) is 0. The molecule has 2 atom stereocenters. The van der Waals surface area contributed by atoms with Gasteiger partial charge in [0.1, 0.15) is 0 Å². The summed E-state index contributed by atoms with van der Waals surface area (Å²) in [5, 5.41) is 0. The zero-order valence-electron chi connectivity index (χ0n) is 9.56. The topological polar surface area (TPSA) is 0 Å². The van der Waals surface area contributed by atoms with Crippen LogP contribution in [0, 0.1) is 0 Å². The zero-order valence-corrected chi connectivity index (χ0v) is 9.56. The van der Waals surface area contributed by atoms with Crippen molar-refractivity contribution in [3.05, 3.63) is 71.3 Å². The second kappa shape index (κ2) is 3.79. The quantitative estimate of drug-likeness (QED) is 0.654. The molecule has 1 aliphatic rings. The predicted octanol–water partition coefficient (Wildman–Crippen LogP) is 4.33. The minimum Gasteiger partial charge on any atom is -0.0622 e. The van der Waals surface area contributed by atoms with E-state index in [0.29, 0.717) is 11.8 Å². The van der Waals surface area contributed by atoms with Gasteiger partial charge in [0.2, 0.25) is 0 Å². The molecule has 0 aliphatic heterocycles. The molecule has 80 valence electrons. The molecule has 0 amide bonds. The average Bonchev–Trinajstić information content (AvgIpc) is 2.69. The van der Waals surface area contributed by atoms with Gasteiger partial charge in [-0.15, -0.1) is 0 Å². The van der Waals surface area contributed by atoms with Crippen LogP contribution < -0.4 is 0 Å². The van der Waals surface area contributed by atoms with Crippen LogP contribution in [0.5, 0.6) is 0 Å². The number of rotatable bonds is 1. The average molecular weight is 208 g/mol. The van der Waals surface area contributed by atoms with E-state index < -0.39 is 0 Å². The number of hydrogen-bond donors (Lipinski definition) is 0. The normalized spacial score (nSPS) is 23.1. The highest BCUT2D eigenvalue weighted by molar-refractivity contribution is 5.44. The van der Waals surface area contributed by atoms with Crippen molar-refractivity contribution >= 4 is 0 Å². The molecule has 0 nitrogen and oxygen atoms in total. The molecule has 0 heterocycles. The van der Waals surface area contributed by atoms with Gasteiger partial charge >= 0.3 is 0 Å². The molecule has 0 aromatic heterocycles. The van der Waals surface area contributed by atoms with E-state index in [2.05, 4.69) is 61.5 Å². The fourth-order valence-corrected chi connectivity index (χ4v) is 2.89. The fourth-order valence-electron chi connectivity index (χ4n) is 2.89. The van der Waals surface area contributed by atoms with Gasteiger partial charge < -0.3 is 0 Å². The molecule has 0 saturated heterocycles. The lowest BCUT2D eigenvalue weighted by molar-refractivity contribution is 0.686. The monoisotopic (exact) mass is 208 g/mol. The Bertz CT molecular complexity index is 484. The first-order chi connectivity index (χ1) is 7.86. The molecule has 0 N–H and O–H groups in total. The van der Waals surface area contributed by atoms with E-state index in [0.717, 1.165) is 0 Å². The maximum atomic E-state index is 2.34. The summed E-state index contributed by atoms with van der Waals surface area (Å²) in [5.74, 6) is 1.30. The fraction of sp³-hybridized carbons (Fsp3) is 0.250. The molecule has 0 spiro atoms. The Morgan fingerprint density at radius 3 is 2.19 bits per heavy atom. The second-order valence-electron chi connectivity index (χ2n) is 4.73. The third-order valence-corrected chi connectivity index (χ3v) is 3.69. The Kier molecular flexibility index (Phi) is 2.28. The maximum absolute atomic E-state index is 2.34. The molecule has 0 heteroatoms. The van der Waals surface area contributed by atoms with Crippen LogP contribution in [0.2, 0.25) is 0 Å². The Morgan fingerprint density at radius 1 is 0.812 bits per heavy atom. The van der Waals surface area contributed by atoms with Crippen LogP contribution in [0.3, 0.4) is 0 Å². The standard InChI is InChI=1S/C16H16/c1-12-11-16(13-7-3-2-4-8-13)15-10-6-5-9-14(12)15/h2-10,12,16H,11H2,1H3. The van der Waals surface area contributed by atoms with Crippen LogP contribution in [0.25, 0.3) is 0 Å². The highest BCUT2D eigenvalue weighted by Crippen LogP contribution is 2.44. The molecule has 2 aromatic rings. The Labute approximate surface area is 96.9 Å². The van der Waals surface area contributed by atoms with Crippen molar-refractivity contribution in [1.82, 2.24) is 0 Å². The molecular formula is C16H16. The summed E-state index contributed by atoms with van der Waals surface area (Å²) in [7, 11) is 0. The van der Waals surface area contributed by atoms with Gasteiger partial charge in [0.05, 0.1) is 0 Å². The van der Waals surface area contributed by atoms with Gasteiger partial charge in [-0.3, -0.25) is 0 Å². The SMILES string of the molecule is CC1CC(c2ccccc2)c2ccccc21. The molecule has 2 unspecified atom stereocenters. The molecule has 0 bridgehead atoms. The van der Waals surface area contributed by atoms with Crippen molar-refractivity contribution in [3.8, 4) is 0 Å². The Balaban J connectivity index is 2.07. The summed E-state index contributed by atoms with van der Waals surface area (Å²) in [6, 6.07) is 19.8. The highest BCUT2D eigenvalue weighted by atomic mass is 14.3. The van der Waals surface area contributed by atoms with Crippen LogP contribution in [0.1, 0.15) is 41.9 Å². The van der Waals surface area contributed by atoms with Gasteiger partial charge in [0, 0.05) is 5.92 Å². The van der Waals surface area contributed by atoms with E-state index in [-0.39, 0.29) is 0 Å². The van der Waals surface area contributed by atoms with E-state index in [4.69, 9.17) is 0 Å². The summed E-state index contributed by atoms with van der Waals surface area (Å²) >= 11 is 0. The van der Waals surface area contributed by atoms with Crippen molar-refractivity contribution in [2.45, 2.75) is 25.2 Å². The lowest BCUT2D eigenvalue weighted by atomic mass is 9.93. The first-order valence-electron chi connectivity index (χ1n) is 6.00. The highest BCUT2D eigenvalue weighted by Gasteiger charge is 2.28. The van der Waals surface area contributed by atoms with Gasteiger partial charge in [0.25, 0.3) is 0 Å². The van der Waals surface area contributed by atoms with Gasteiger partial charge in [-0.2, -0.15) is 0 Å². The van der Waals surface area contributed by atoms with Crippen molar-refractivity contribution in [3.63, 3.8) is 0 Å². The third kappa shape index (κ3) is 1.46. The first-order valence-corrected chi connectivity index (χ1v) is 6.00. The number of hydrogen-bond acceptors (Lipinski definition) is 0. The van der Waals surface area contributed by atoms with Crippen LogP contribution >= 0.6 is 0 Å². The molecule has 0 saturated carbocycles. The lowest BCUT2D eigenvalue weighted by Gasteiger charge is -2.11. The van der Waals surface area contributed by atoms with Crippen molar-refractivity contribution in [2.24, 2.45) is 0 Å². The smallest absolute Gasteiger partial charge is 0.00978 e. The molecule has 2 aromatic carbocycles. The number of benzene rings is 2. The molecule has 0 radical (unpaired) electrons. The Hall–Kier alpha value is -1.56. The number of fused-ring (bicyclic) bond motifs is 1. The summed E-state index contributed by atoms with van der Waals surface area (Å²) in [5.41, 5.74) is 4.52. The van der Waals surface area contributed by atoms with Crippen molar-refractivity contribution in [1.29, 1.82) is 0 Å². The minimum absolute atomic E-state index is 0.604. The first kappa shape index (κ1) is 9.65. The van der Waals surface area contributed by atoms with Gasteiger partial charge in [-0.05, 0) is 29.0 Å². The molecule has 16 heavy (non-hydrogen) atoms. The third-order valence-electron chi connectivity index (χ3n) is 3.69. The van der Waals surface area contributed by atoms with Crippen LogP contribution in [0.15, 0.2) is 54.6 Å².